The van der Waals surface area contributed by atoms with E-state index in [0.29, 0.717) is 18.7 Å². The highest BCUT2D eigenvalue weighted by Gasteiger charge is 2.18. The molecule has 0 saturated heterocycles. The van der Waals surface area contributed by atoms with Crippen molar-refractivity contribution >= 4 is 21.8 Å². The summed E-state index contributed by atoms with van der Waals surface area (Å²) >= 11 is 3.50. The Labute approximate surface area is 127 Å². The predicted molar refractivity (Wildman–Crippen MR) is 83.5 cm³/mol. The van der Waals surface area contributed by atoms with Gasteiger partial charge in [-0.2, -0.15) is 0 Å². The molecule has 0 unspecified atom stereocenters. The molecule has 0 bridgehead atoms. The minimum atomic E-state index is 0.0220. The van der Waals surface area contributed by atoms with Crippen molar-refractivity contribution in [2.75, 3.05) is 6.54 Å². The number of pyridine rings is 1. The zero-order chi connectivity index (χ0) is 14.5. The topological polar surface area (TPSA) is 33.2 Å². The lowest BCUT2D eigenvalue weighted by atomic mass is 10.1. The van der Waals surface area contributed by atoms with Gasteiger partial charge >= 0.3 is 0 Å². The molecular weight excluding hydrogens is 316 g/mol. The number of amides is 1. The molecule has 1 heterocycles. The average Bonchev–Trinajstić information content (AvgIpc) is 2.48. The van der Waals surface area contributed by atoms with E-state index in [-0.39, 0.29) is 5.91 Å². The van der Waals surface area contributed by atoms with Crippen LogP contribution < -0.4 is 0 Å². The molecule has 0 saturated carbocycles. The Bertz CT molecular complexity index is 599. The summed E-state index contributed by atoms with van der Waals surface area (Å²) in [6, 6.07) is 11.5. The monoisotopic (exact) mass is 332 g/mol. The summed E-state index contributed by atoms with van der Waals surface area (Å²) in [6.45, 7) is 5.13. The van der Waals surface area contributed by atoms with Crippen molar-refractivity contribution in [1.82, 2.24) is 9.88 Å². The molecular formula is C16H17BrN2O. The second-order valence-corrected chi connectivity index (χ2v) is 5.37. The van der Waals surface area contributed by atoms with Crippen LogP contribution in [0.4, 0.5) is 0 Å². The van der Waals surface area contributed by atoms with Crippen LogP contribution in [0.1, 0.15) is 28.5 Å². The third-order valence-corrected chi connectivity index (χ3v) is 4.22. The van der Waals surface area contributed by atoms with Gasteiger partial charge in [0.15, 0.2) is 0 Å². The van der Waals surface area contributed by atoms with Gasteiger partial charge in [0.1, 0.15) is 0 Å². The fraction of sp³-hybridized carbons (Fsp3) is 0.250. The van der Waals surface area contributed by atoms with Crippen molar-refractivity contribution in [2.24, 2.45) is 0 Å². The highest BCUT2D eigenvalue weighted by Crippen LogP contribution is 2.22. The number of nitrogens with zero attached hydrogens (tertiary/aromatic N) is 2. The Hall–Kier alpha value is -1.68. The SMILES string of the molecule is CCN(Cc1ccccn1)C(=O)c1cccc(C)c1Br. The zero-order valence-corrected chi connectivity index (χ0v) is 13.2. The second kappa shape index (κ2) is 6.66. The minimum absolute atomic E-state index is 0.0220. The Morgan fingerprint density at radius 3 is 2.70 bits per heavy atom. The fourth-order valence-electron chi connectivity index (χ4n) is 2.00. The number of aromatic nitrogens is 1. The normalized spacial score (nSPS) is 10.3. The number of benzene rings is 1. The van der Waals surface area contributed by atoms with Crippen LogP contribution in [0.15, 0.2) is 47.1 Å². The number of hydrogen-bond acceptors (Lipinski definition) is 2. The molecule has 20 heavy (non-hydrogen) atoms. The van der Waals surface area contributed by atoms with Gasteiger partial charge in [-0.25, -0.2) is 0 Å². The van der Waals surface area contributed by atoms with Gasteiger partial charge < -0.3 is 4.90 Å². The van der Waals surface area contributed by atoms with Crippen LogP contribution in [0.3, 0.4) is 0 Å². The number of hydrogen-bond donors (Lipinski definition) is 0. The summed E-state index contributed by atoms with van der Waals surface area (Å²) in [6.07, 6.45) is 1.75. The minimum Gasteiger partial charge on any atom is -0.333 e. The van der Waals surface area contributed by atoms with Crippen molar-refractivity contribution < 1.29 is 4.79 Å². The van der Waals surface area contributed by atoms with Gasteiger partial charge in [0.2, 0.25) is 0 Å². The second-order valence-electron chi connectivity index (χ2n) is 4.58. The Balaban J connectivity index is 2.23. The van der Waals surface area contributed by atoms with E-state index in [2.05, 4.69) is 20.9 Å². The van der Waals surface area contributed by atoms with Gasteiger partial charge in [-0.1, -0.05) is 18.2 Å². The maximum absolute atomic E-state index is 12.6. The van der Waals surface area contributed by atoms with Crippen LogP contribution in [0.2, 0.25) is 0 Å². The highest BCUT2D eigenvalue weighted by molar-refractivity contribution is 9.10. The Kier molecular flexibility index (Phi) is 4.90. The number of carbonyl (C=O) groups is 1. The van der Waals surface area contributed by atoms with Crippen LogP contribution in [0.5, 0.6) is 0 Å². The van der Waals surface area contributed by atoms with Crippen LogP contribution in [-0.4, -0.2) is 22.3 Å². The molecule has 1 aromatic carbocycles. The summed E-state index contributed by atoms with van der Waals surface area (Å²) in [5.74, 6) is 0.0220. The summed E-state index contributed by atoms with van der Waals surface area (Å²) in [4.78, 5) is 18.7. The molecule has 0 aliphatic heterocycles. The van der Waals surface area contributed by atoms with Gasteiger partial charge in [-0.05, 0) is 53.5 Å². The van der Waals surface area contributed by atoms with Gasteiger partial charge in [0.25, 0.3) is 5.91 Å². The van der Waals surface area contributed by atoms with E-state index < -0.39 is 0 Å². The first-order chi connectivity index (χ1) is 9.63. The number of halogens is 1. The van der Waals surface area contributed by atoms with E-state index >= 15 is 0 Å². The molecule has 1 aromatic heterocycles. The van der Waals surface area contributed by atoms with Gasteiger partial charge in [-0.3, -0.25) is 9.78 Å². The highest BCUT2D eigenvalue weighted by atomic mass is 79.9. The molecule has 0 aliphatic carbocycles. The van der Waals surface area contributed by atoms with Gasteiger partial charge in [0.05, 0.1) is 17.8 Å². The van der Waals surface area contributed by atoms with Crippen molar-refractivity contribution in [3.8, 4) is 0 Å². The zero-order valence-electron chi connectivity index (χ0n) is 11.6. The first-order valence-corrected chi connectivity index (χ1v) is 7.37. The number of aryl methyl sites for hydroxylation is 1. The van der Waals surface area contributed by atoms with E-state index in [1.807, 2.05) is 50.2 Å². The quantitative estimate of drug-likeness (QED) is 0.852. The molecule has 0 fully saturated rings. The lowest BCUT2D eigenvalue weighted by Crippen LogP contribution is -2.31. The summed E-state index contributed by atoms with van der Waals surface area (Å²) in [5, 5.41) is 0. The Morgan fingerprint density at radius 2 is 2.05 bits per heavy atom. The molecule has 1 amide bonds. The molecule has 0 atom stereocenters. The number of carbonyl (C=O) groups excluding carboxylic acids is 1. The molecule has 2 aromatic rings. The first kappa shape index (κ1) is 14.7. The maximum Gasteiger partial charge on any atom is 0.255 e. The molecule has 4 heteroatoms. The van der Waals surface area contributed by atoms with E-state index in [1.54, 1.807) is 11.1 Å². The Morgan fingerprint density at radius 1 is 1.25 bits per heavy atom. The molecule has 0 spiro atoms. The van der Waals surface area contributed by atoms with Crippen LogP contribution in [-0.2, 0) is 6.54 Å². The van der Waals surface area contributed by atoms with E-state index in [4.69, 9.17) is 0 Å². The summed E-state index contributed by atoms with van der Waals surface area (Å²) in [5.41, 5.74) is 2.65. The molecule has 2 rings (SSSR count). The summed E-state index contributed by atoms with van der Waals surface area (Å²) < 4.78 is 0.865. The lowest BCUT2D eigenvalue weighted by molar-refractivity contribution is 0.0749. The van der Waals surface area contributed by atoms with Gasteiger partial charge in [-0.15, -0.1) is 0 Å². The van der Waals surface area contributed by atoms with Crippen molar-refractivity contribution in [3.05, 3.63) is 63.9 Å². The fourth-order valence-corrected chi connectivity index (χ4v) is 2.43. The third-order valence-electron chi connectivity index (χ3n) is 3.17. The van der Waals surface area contributed by atoms with Crippen LogP contribution in [0.25, 0.3) is 0 Å². The summed E-state index contributed by atoms with van der Waals surface area (Å²) in [7, 11) is 0. The van der Waals surface area contributed by atoms with Crippen LogP contribution >= 0.6 is 15.9 Å². The van der Waals surface area contributed by atoms with Crippen molar-refractivity contribution in [1.29, 1.82) is 0 Å². The smallest absolute Gasteiger partial charge is 0.255 e. The molecule has 3 nitrogen and oxygen atoms in total. The molecule has 0 radical (unpaired) electrons. The van der Waals surface area contributed by atoms with E-state index in [1.165, 1.54) is 0 Å². The molecule has 0 N–H and O–H groups in total. The third kappa shape index (κ3) is 3.25. The predicted octanol–water partition coefficient (Wildman–Crippen LogP) is 3.81. The lowest BCUT2D eigenvalue weighted by Gasteiger charge is -2.21. The average molecular weight is 333 g/mol. The first-order valence-electron chi connectivity index (χ1n) is 6.57. The largest absolute Gasteiger partial charge is 0.333 e. The van der Waals surface area contributed by atoms with Crippen molar-refractivity contribution in [3.63, 3.8) is 0 Å². The molecule has 104 valence electrons. The standard InChI is InChI=1S/C16H17BrN2O/c1-3-19(11-13-8-4-5-10-18-13)16(20)14-9-6-7-12(2)15(14)17/h4-10H,3,11H2,1-2H3. The number of rotatable bonds is 4. The maximum atomic E-state index is 12.6. The van der Waals surface area contributed by atoms with E-state index in [0.717, 1.165) is 15.7 Å². The molecule has 0 aliphatic rings. The van der Waals surface area contributed by atoms with E-state index in [9.17, 15) is 4.79 Å². The van der Waals surface area contributed by atoms with Crippen molar-refractivity contribution in [2.45, 2.75) is 20.4 Å². The van der Waals surface area contributed by atoms with Gasteiger partial charge in [0, 0.05) is 17.2 Å². The van der Waals surface area contributed by atoms with Crippen LogP contribution in [0, 0.1) is 6.92 Å².